The van der Waals surface area contributed by atoms with E-state index in [9.17, 15) is 18.0 Å². The number of nitrogens with one attached hydrogen (secondary N) is 1. The highest BCUT2D eigenvalue weighted by molar-refractivity contribution is 7.92. The predicted molar refractivity (Wildman–Crippen MR) is 141 cm³/mol. The molecule has 0 spiro atoms. The van der Waals surface area contributed by atoms with Crippen molar-refractivity contribution in [3.05, 3.63) is 54.1 Å². The second kappa shape index (κ2) is 13.2. The molecule has 0 bridgehead atoms. The maximum absolute atomic E-state index is 13.6. The summed E-state index contributed by atoms with van der Waals surface area (Å²) in [5.74, 6) is 0.126. The first-order valence-electron chi connectivity index (χ1n) is 11.8. The molecule has 2 aromatic carbocycles. The molecule has 1 unspecified atom stereocenters. The summed E-state index contributed by atoms with van der Waals surface area (Å²) in [5, 5.41) is 2.86. The predicted octanol–water partition coefficient (Wildman–Crippen LogP) is 2.70. The number of anilines is 1. The van der Waals surface area contributed by atoms with E-state index in [1.807, 2.05) is 44.2 Å². The van der Waals surface area contributed by atoms with Gasteiger partial charge in [-0.1, -0.05) is 44.2 Å². The van der Waals surface area contributed by atoms with Gasteiger partial charge in [-0.25, -0.2) is 8.42 Å². The molecule has 36 heavy (non-hydrogen) atoms. The number of hydrogen-bond donors (Lipinski definition) is 1. The van der Waals surface area contributed by atoms with E-state index in [-0.39, 0.29) is 29.8 Å². The zero-order valence-corrected chi connectivity index (χ0v) is 22.7. The SMILES string of the molecule is COc1ccc(OC)c(N(CC(=O)N(CCc2ccccc2)C(C)C(=O)NCC(C)C)S(C)(=O)=O)c1. The highest BCUT2D eigenvalue weighted by atomic mass is 32.2. The van der Waals surface area contributed by atoms with Crippen LogP contribution in [0.25, 0.3) is 0 Å². The molecular weight excluding hydrogens is 482 g/mol. The van der Waals surface area contributed by atoms with Crippen LogP contribution in [-0.4, -0.2) is 71.3 Å². The Bertz CT molecular complexity index is 1120. The molecule has 0 aromatic heterocycles. The van der Waals surface area contributed by atoms with Crippen molar-refractivity contribution in [2.24, 2.45) is 5.92 Å². The van der Waals surface area contributed by atoms with Crippen LogP contribution >= 0.6 is 0 Å². The minimum Gasteiger partial charge on any atom is -0.497 e. The Kier molecular flexibility index (Phi) is 10.6. The molecule has 0 heterocycles. The van der Waals surface area contributed by atoms with Crippen molar-refractivity contribution in [3.63, 3.8) is 0 Å². The van der Waals surface area contributed by atoms with E-state index in [2.05, 4.69) is 5.32 Å². The van der Waals surface area contributed by atoms with Crippen molar-refractivity contribution in [2.75, 3.05) is 44.4 Å². The van der Waals surface area contributed by atoms with Gasteiger partial charge in [0.2, 0.25) is 21.8 Å². The standard InChI is InChI=1S/C26H37N3O6S/c1-19(2)17-27-26(31)20(3)28(15-14-21-10-8-7-9-11-21)25(30)18-29(36(6,32)33)23-16-22(34-4)12-13-24(23)35-5/h7-13,16,19-20H,14-15,17-18H2,1-6H3,(H,27,31). The van der Waals surface area contributed by atoms with Gasteiger partial charge in [-0.05, 0) is 37.0 Å². The van der Waals surface area contributed by atoms with E-state index in [4.69, 9.17) is 9.47 Å². The van der Waals surface area contributed by atoms with Gasteiger partial charge in [0.15, 0.2) is 0 Å². The van der Waals surface area contributed by atoms with Gasteiger partial charge < -0.3 is 19.7 Å². The lowest BCUT2D eigenvalue weighted by Gasteiger charge is -2.32. The molecule has 0 fully saturated rings. The first-order valence-corrected chi connectivity index (χ1v) is 13.6. The Hall–Kier alpha value is -3.27. The fourth-order valence-corrected chi connectivity index (χ4v) is 4.45. The normalized spacial score (nSPS) is 12.1. The Morgan fingerprint density at radius 1 is 1.00 bits per heavy atom. The number of benzene rings is 2. The molecule has 0 aliphatic rings. The molecule has 2 aromatic rings. The summed E-state index contributed by atoms with van der Waals surface area (Å²) in [5.41, 5.74) is 1.17. The molecule has 0 aliphatic heterocycles. The topological polar surface area (TPSA) is 105 Å². The fourth-order valence-electron chi connectivity index (χ4n) is 3.61. The van der Waals surface area contributed by atoms with Crippen LogP contribution < -0.4 is 19.1 Å². The lowest BCUT2D eigenvalue weighted by Crippen LogP contribution is -2.52. The third kappa shape index (κ3) is 8.15. The van der Waals surface area contributed by atoms with Gasteiger partial charge in [-0.15, -0.1) is 0 Å². The van der Waals surface area contributed by atoms with Gasteiger partial charge in [0.1, 0.15) is 24.1 Å². The lowest BCUT2D eigenvalue weighted by molar-refractivity contribution is -0.138. The van der Waals surface area contributed by atoms with Gasteiger partial charge in [-0.2, -0.15) is 0 Å². The Labute approximate surface area is 214 Å². The Morgan fingerprint density at radius 2 is 1.67 bits per heavy atom. The lowest BCUT2D eigenvalue weighted by atomic mass is 10.1. The third-order valence-electron chi connectivity index (χ3n) is 5.67. The van der Waals surface area contributed by atoms with Crippen molar-refractivity contribution < 1.29 is 27.5 Å². The number of methoxy groups -OCH3 is 2. The second-order valence-corrected chi connectivity index (χ2v) is 10.9. The number of ether oxygens (including phenoxy) is 2. The molecule has 2 amide bonds. The van der Waals surface area contributed by atoms with Crippen LogP contribution in [0.2, 0.25) is 0 Å². The molecule has 2 rings (SSSR count). The van der Waals surface area contributed by atoms with Crippen LogP contribution in [-0.2, 0) is 26.0 Å². The largest absolute Gasteiger partial charge is 0.497 e. The summed E-state index contributed by atoms with van der Waals surface area (Å²) in [6, 6.07) is 13.5. The van der Waals surface area contributed by atoms with Crippen molar-refractivity contribution >= 4 is 27.5 Å². The van der Waals surface area contributed by atoms with E-state index in [1.54, 1.807) is 19.1 Å². The van der Waals surface area contributed by atoms with E-state index in [0.29, 0.717) is 18.7 Å². The summed E-state index contributed by atoms with van der Waals surface area (Å²) in [7, 11) is -1.01. The minimum atomic E-state index is -3.89. The van der Waals surface area contributed by atoms with Crippen LogP contribution in [0.5, 0.6) is 11.5 Å². The van der Waals surface area contributed by atoms with Gasteiger partial charge in [-0.3, -0.25) is 13.9 Å². The summed E-state index contributed by atoms with van der Waals surface area (Å²) in [6.07, 6.45) is 1.53. The van der Waals surface area contributed by atoms with Gasteiger partial charge in [0, 0.05) is 19.2 Å². The number of rotatable bonds is 13. The van der Waals surface area contributed by atoms with Crippen LogP contribution in [0.1, 0.15) is 26.3 Å². The molecular formula is C26H37N3O6S. The maximum atomic E-state index is 13.6. The van der Waals surface area contributed by atoms with Crippen molar-refractivity contribution in [2.45, 2.75) is 33.2 Å². The van der Waals surface area contributed by atoms with Crippen LogP contribution in [0, 0.1) is 5.92 Å². The molecule has 0 saturated heterocycles. The molecule has 1 atom stereocenters. The summed E-state index contributed by atoms with van der Waals surface area (Å²) >= 11 is 0. The number of sulfonamides is 1. The molecule has 1 N–H and O–H groups in total. The van der Waals surface area contributed by atoms with E-state index in [0.717, 1.165) is 16.1 Å². The van der Waals surface area contributed by atoms with Crippen LogP contribution in [0.4, 0.5) is 5.69 Å². The average Bonchev–Trinajstić information content (AvgIpc) is 2.85. The molecule has 0 saturated carbocycles. The number of hydrogen-bond acceptors (Lipinski definition) is 6. The number of amides is 2. The average molecular weight is 520 g/mol. The molecule has 198 valence electrons. The summed E-state index contributed by atoms with van der Waals surface area (Å²) in [6.45, 7) is 5.82. The van der Waals surface area contributed by atoms with E-state index < -0.39 is 28.5 Å². The number of carbonyl (C=O) groups is 2. The second-order valence-electron chi connectivity index (χ2n) is 8.95. The van der Waals surface area contributed by atoms with Crippen molar-refractivity contribution in [1.82, 2.24) is 10.2 Å². The molecule has 10 heteroatoms. The highest BCUT2D eigenvalue weighted by Crippen LogP contribution is 2.33. The quantitative estimate of drug-likeness (QED) is 0.436. The fraction of sp³-hybridized carbons (Fsp3) is 0.462. The summed E-state index contributed by atoms with van der Waals surface area (Å²) < 4.78 is 37.2. The van der Waals surface area contributed by atoms with Gasteiger partial charge in [0.05, 0.1) is 26.2 Å². The molecule has 9 nitrogen and oxygen atoms in total. The van der Waals surface area contributed by atoms with Gasteiger partial charge >= 0.3 is 0 Å². The van der Waals surface area contributed by atoms with Gasteiger partial charge in [0.25, 0.3) is 0 Å². The molecule has 0 aliphatic carbocycles. The third-order valence-corrected chi connectivity index (χ3v) is 6.80. The molecule has 0 radical (unpaired) electrons. The maximum Gasteiger partial charge on any atom is 0.244 e. The highest BCUT2D eigenvalue weighted by Gasteiger charge is 2.31. The van der Waals surface area contributed by atoms with Crippen molar-refractivity contribution in [3.8, 4) is 11.5 Å². The Balaban J connectivity index is 2.39. The minimum absolute atomic E-state index is 0.174. The first kappa shape index (κ1) is 29.0. The smallest absolute Gasteiger partial charge is 0.244 e. The number of carbonyl (C=O) groups excluding carboxylic acids is 2. The van der Waals surface area contributed by atoms with Crippen LogP contribution in [0.3, 0.4) is 0 Å². The van der Waals surface area contributed by atoms with Crippen LogP contribution in [0.15, 0.2) is 48.5 Å². The van der Waals surface area contributed by atoms with E-state index in [1.165, 1.54) is 25.2 Å². The summed E-state index contributed by atoms with van der Waals surface area (Å²) in [4.78, 5) is 27.9. The number of nitrogens with zero attached hydrogens (tertiary/aromatic N) is 2. The monoisotopic (exact) mass is 519 g/mol. The first-order chi connectivity index (χ1) is 17.0. The zero-order chi connectivity index (χ0) is 26.9. The van der Waals surface area contributed by atoms with Crippen molar-refractivity contribution in [1.29, 1.82) is 0 Å². The van der Waals surface area contributed by atoms with E-state index >= 15 is 0 Å². The Morgan fingerprint density at radius 3 is 2.22 bits per heavy atom. The zero-order valence-electron chi connectivity index (χ0n) is 21.9.